The van der Waals surface area contributed by atoms with E-state index in [9.17, 15) is 22.8 Å². The Balaban J connectivity index is 1.70. The standard InChI is InChI=1S/C12H19F3N4O2/c13-12(14,15)8-16-7-10(20)18-4-1-9(2-5-18)19-6-3-17-11(19)21/h9,16H,1-8H2,(H,17,21). The number of likely N-dealkylation sites (tertiary alicyclic amines) is 1. The van der Waals surface area contributed by atoms with Crippen LogP contribution in [0.15, 0.2) is 0 Å². The number of carbonyl (C=O) groups excluding carboxylic acids is 2. The maximum atomic E-state index is 12.0. The van der Waals surface area contributed by atoms with Gasteiger partial charge in [-0.15, -0.1) is 0 Å². The molecule has 0 aromatic carbocycles. The van der Waals surface area contributed by atoms with Gasteiger partial charge in [0, 0.05) is 32.2 Å². The first kappa shape index (κ1) is 15.9. The second kappa shape index (κ2) is 6.50. The zero-order valence-electron chi connectivity index (χ0n) is 11.6. The molecule has 0 saturated carbocycles. The minimum absolute atomic E-state index is 0.0772. The second-order valence-corrected chi connectivity index (χ2v) is 5.26. The summed E-state index contributed by atoms with van der Waals surface area (Å²) in [5.41, 5.74) is 0. The van der Waals surface area contributed by atoms with Gasteiger partial charge in [0.25, 0.3) is 0 Å². The van der Waals surface area contributed by atoms with Gasteiger partial charge in [-0.2, -0.15) is 13.2 Å². The third-order valence-electron chi connectivity index (χ3n) is 3.75. The van der Waals surface area contributed by atoms with Crippen molar-refractivity contribution in [3.8, 4) is 0 Å². The number of alkyl halides is 3. The van der Waals surface area contributed by atoms with E-state index in [1.54, 1.807) is 9.80 Å². The summed E-state index contributed by atoms with van der Waals surface area (Å²) in [6.45, 7) is 0.781. The van der Waals surface area contributed by atoms with Crippen molar-refractivity contribution in [2.75, 3.05) is 39.3 Å². The van der Waals surface area contributed by atoms with Gasteiger partial charge in [0.15, 0.2) is 0 Å². The molecular formula is C12H19F3N4O2. The van der Waals surface area contributed by atoms with Crippen molar-refractivity contribution in [2.24, 2.45) is 0 Å². The fraction of sp³-hybridized carbons (Fsp3) is 0.833. The van der Waals surface area contributed by atoms with Gasteiger partial charge in [-0.1, -0.05) is 0 Å². The van der Waals surface area contributed by atoms with E-state index in [1.807, 2.05) is 0 Å². The van der Waals surface area contributed by atoms with Crippen LogP contribution in [-0.4, -0.2) is 73.2 Å². The Labute approximate surface area is 120 Å². The number of rotatable bonds is 4. The average Bonchev–Trinajstić information content (AvgIpc) is 2.83. The van der Waals surface area contributed by atoms with Gasteiger partial charge in [0.1, 0.15) is 0 Å². The van der Waals surface area contributed by atoms with Gasteiger partial charge >= 0.3 is 12.2 Å². The molecule has 21 heavy (non-hydrogen) atoms. The Morgan fingerprint density at radius 2 is 1.95 bits per heavy atom. The molecule has 2 aliphatic heterocycles. The number of amides is 3. The summed E-state index contributed by atoms with van der Waals surface area (Å²) >= 11 is 0. The molecule has 0 aromatic heterocycles. The lowest BCUT2D eigenvalue weighted by Gasteiger charge is -2.36. The van der Waals surface area contributed by atoms with Crippen LogP contribution in [0.5, 0.6) is 0 Å². The van der Waals surface area contributed by atoms with E-state index in [2.05, 4.69) is 10.6 Å². The third kappa shape index (κ3) is 4.48. The molecule has 0 aromatic rings. The summed E-state index contributed by atoms with van der Waals surface area (Å²) in [4.78, 5) is 26.6. The Bertz CT molecular complexity index is 394. The number of urea groups is 1. The molecule has 0 aliphatic carbocycles. The van der Waals surface area contributed by atoms with Crippen LogP contribution in [0.25, 0.3) is 0 Å². The van der Waals surface area contributed by atoms with Crippen molar-refractivity contribution >= 4 is 11.9 Å². The van der Waals surface area contributed by atoms with Crippen LogP contribution in [0, 0.1) is 0 Å². The van der Waals surface area contributed by atoms with E-state index in [0.717, 1.165) is 0 Å². The Hall–Kier alpha value is -1.51. The summed E-state index contributed by atoms with van der Waals surface area (Å²) in [5.74, 6) is -0.330. The summed E-state index contributed by atoms with van der Waals surface area (Å²) < 4.78 is 35.9. The van der Waals surface area contributed by atoms with E-state index < -0.39 is 12.7 Å². The minimum atomic E-state index is -4.31. The quantitative estimate of drug-likeness (QED) is 0.777. The molecule has 0 bridgehead atoms. The van der Waals surface area contributed by atoms with E-state index in [4.69, 9.17) is 0 Å². The number of hydrogen-bond acceptors (Lipinski definition) is 3. The van der Waals surface area contributed by atoms with Gasteiger partial charge in [-0.05, 0) is 12.8 Å². The highest BCUT2D eigenvalue weighted by molar-refractivity contribution is 5.78. The summed E-state index contributed by atoms with van der Waals surface area (Å²) in [6.07, 6.45) is -2.98. The largest absolute Gasteiger partial charge is 0.401 e. The monoisotopic (exact) mass is 308 g/mol. The molecule has 6 nitrogen and oxygen atoms in total. The molecule has 2 saturated heterocycles. The molecule has 0 radical (unpaired) electrons. The Morgan fingerprint density at radius 1 is 1.29 bits per heavy atom. The molecule has 9 heteroatoms. The second-order valence-electron chi connectivity index (χ2n) is 5.26. The van der Waals surface area contributed by atoms with E-state index in [1.165, 1.54) is 0 Å². The van der Waals surface area contributed by atoms with Gasteiger partial charge in [0.2, 0.25) is 5.91 Å². The zero-order valence-corrected chi connectivity index (χ0v) is 11.6. The lowest BCUT2D eigenvalue weighted by Crippen LogP contribution is -2.49. The van der Waals surface area contributed by atoms with Gasteiger partial charge in [-0.3, -0.25) is 4.79 Å². The molecule has 0 atom stereocenters. The predicted octanol–water partition coefficient (Wildman–Crippen LogP) is 0.155. The minimum Gasteiger partial charge on any atom is -0.341 e. The predicted molar refractivity (Wildman–Crippen MR) is 68.6 cm³/mol. The highest BCUT2D eigenvalue weighted by Gasteiger charge is 2.32. The molecule has 0 unspecified atom stereocenters. The maximum absolute atomic E-state index is 12.0. The van der Waals surface area contributed by atoms with Crippen molar-refractivity contribution in [3.63, 3.8) is 0 Å². The van der Waals surface area contributed by atoms with Crippen molar-refractivity contribution in [2.45, 2.75) is 25.1 Å². The molecule has 120 valence electrons. The number of hydrogen-bond donors (Lipinski definition) is 2. The fourth-order valence-corrected chi connectivity index (χ4v) is 2.68. The molecule has 2 heterocycles. The van der Waals surface area contributed by atoms with Crippen LogP contribution in [0.3, 0.4) is 0 Å². The highest BCUT2D eigenvalue weighted by Crippen LogP contribution is 2.18. The zero-order chi connectivity index (χ0) is 15.5. The highest BCUT2D eigenvalue weighted by atomic mass is 19.4. The Kier molecular flexibility index (Phi) is 4.92. The molecule has 2 rings (SSSR count). The average molecular weight is 308 g/mol. The molecule has 0 spiro atoms. The summed E-state index contributed by atoms with van der Waals surface area (Å²) in [5, 5.41) is 4.84. The van der Waals surface area contributed by atoms with Crippen LogP contribution >= 0.6 is 0 Å². The lowest BCUT2D eigenvalue weighted by molar-refractivity contribution is -0.135. The number of piperidine rings is 1. The SMILES string of the molecule is O=C(CNCC(F)(F)F)N1CCC(N2CCNC2=O)CC1. The van der Waals surface area contributed by atoms with Crippen molar-refractivity contribution in [1.82, 2.24) is 20.4 Å². The summed E-state index contributed by atoms with van der Waals surface area (Å²) in [7, 11) is 0. The molecule has 2 fully saturated rings. The van der Waals surface area contributed by atoms with Crippen LogP contribution in [0.1, 0.15) is 12.8 Å². The normalized spacial score (nSPS) is 20.8. The van der Waals surface area contributed by atoms with Gasteiger partial charge < -0.3 is 20.4 Å². The molecule has 3 amide bonds. The number of nitrogens with one attached hydrogen (secondary N) is 2. The van der Waals surface area contributed by atoms with Crippen LogP contribution in [0.2, 0.25) is 0 Å². The lowest BCUT2D eigenvalue weighted by atomic mass is 10.0. The van der Waals surface area contributed by atoms with Crippen molar-refractivity contribution < 1.29 is 22.8 Å². The van der Waals surface area contributed by atoms with Crippen molar-refractivity contribution in [3.05, 3.63) is 0 Å². The van der Waals surface area contributed by atoms with E-state index >= 15 is 0 Å². The van der Waals surface area contributed by atoms with Crippen molar-refractivity contribution in [1.29, 1.82) is 0 Å². The van der Waals surface area contributed by atoms with Crippen LogP contribution in [0.4, 0.5) is 18.0 Å². The number of carbonyl (C=O) groups is 2. The Morgan fingerprint density at radius 3 is 2.48 bits per heavy atom. The van der Waals surface area contributed by atoms with Crippen LogP contribution in [-0.2, 0) is 4.79 Å². The summed E-state index contributed by atoms with van der Waals surface area (Å²) in [6, 6.07) is 0.0336. The third-order valence-corrected chi connectivity index (χ3v) is 3.75. The number of halogens is 3. The van der Waals surface area contributed by atoms with Gasteiger partial charge in [-0.25, -0.2) is 4.79 Å². The first-order chi connectivity index (χ1) is 9.87. The topological polar surface area (TPSA) is 64.7 Å². The first-order valence-electron chi connectivity index (χ1n) is 6.96. The smallest absolute Gasteiger partial charge is 0.341 e. The molecule has 2 aliphatic rings. The molecular weight excluding hydrogens is 289 g/mol. The van der Waals surface area contributed by atoms with E-state index in [-0.39, 0.29) is 24.5 Å². The first-order valence-corrected chi connectivity index (χ1v) is 6.96. The van der Waals surface area contributed by atoms with Crippen LogP contribution < -0.4 is 10.6 Å². The van der Waals surface area contributed by atoms with E-state index in [0.29, 0.717) is 39.0 Å². The maximum Gasteiger partial charge on any atom is 0.401 e. The van der Waals surface area contributed by atoms with Gasteiger partial charge in [0.05, 0.1) is 13.1 Å². The fourth-order valence-electron chi connectivity index (χ4n) is 2.68. The number of nitrogens with zero attached hydrogens (tertiary/aromatic N) is 2. The molecule has 2 N–H and O–H groups in total.